The zero-order chi connectivity index (χ0) is 23.8. The van der Waals surface area contributed by atoms with Crippen LogP contribution >= 0.6 is 0 Å². The van der Waals surface area contributed by atoms with E-state index in [0.29, 0.717) is 34.4 Å². The maximum Gasteiger partial charge on any atom is 0.185 e. The Morgan fingerprint density at radius 1 is 1.25 bits per heavy atom. The summed E-state index contributed by atoms with van der Waals surface area (Å²) >= 11 is 0. The van der Waals surface area contributed by atoms with Gasteiger partial charge in [0.2, 0.25) is 0 Å². The maximum absolute atomic E-state index is 13.4. The average molecular weight is 431 g/mol. The van der Waals surface area contributed by atoms with Crippen molar-refractivity contribution in [2.24, 2.45) is 5.73 Å². The lowest BCUT2D eigenvalue weighted by atomic mass is 9.78. The normalized spacial score (nSPS) is 12.4. The van der Waals surface area contributed by atoms with Gasteiger partial charge in [-0.25, -0.2) is 0 Å². The summed E-state index contributed by atoms with van der Waals surface area (Å²) in [5, 5.41) is 20.0. The Morgan fingerprint density at radius 3 is 2.56 bits per heavy atom. The topological polar surface area (TPSA) is 96.3 Å². The van der Waals surface area contributed by atoms with Crippen molar-refractivity contribution in [3.8, 4) is 11.8 Å². The molecule has 0 saturated carbocycles. The number of nitrogens with two attached hydrogens (primary N) is 1. The van der Waals surface area contributed by atoms with Gasteiger partial charge in [-0.05, 0) is 55.7 Å². The summed E-state index contributed by atoms with van der Waals surface area (Å²) in [5.74, 6) is -0.673. The summed E-state index contributed by atoms with van der Waals surface area (Å²) in [6.07, 6.45) is 2.09. The molecule has 0 spiro atoms. The molecular formula is C27H30N2O3. The van der Waals surface area contributed by atoms with E-state index in [1.807, 2.05) is 39.0 Å². The monoisotopic (exact) mass is 430 g/mol. The second kappa shape index (κ2) is 11.1. The third kappa shape index (κ3) is 5.96. The third-order valence-corrected chi connectivity index (χ3v) is 5.32. The highest BCUT2D eigenvalue weighted by Crippen LogP contribution is 2.40. The molecule has 32 heavy (non-hydrogen) atoms. The SMILES string of the molecule is C=C/C(C)=C(/C(=O)COCCC(=C)N)C(c1ccc(C#N)cc1C)c1cc(C)ccc1O. The van der Waals surface area contributed by atoms with Gasteiger partial charge in [0.1, 0.15) is 12.4 Å². The molecule has 2 aromatic carbocycles. The summed E-state index contributed by atoms with van der Waals surface area (Å²) in [5.41, 5.74) is 11.0. The molecule has 0 radical (unpaired) electrons. The lowest BCUT2D eigenvalue weighted by Gasteiger charge is -2.25. The average Bonchev–Trinajstić information content (AvgIpc) is 2.76. The minimum atomic E-state index is -0.554. The number of hydrogen-bond donors (Lipinski definition) is 2. The zero-order valence-electron chi connectivity index (χ0n) is 18.9. The second-order valence-corrected chi connectivity index (χ2v) is 7.86. The number of benzene rings is 2. The highest BCUT2D eigenvalue weighted by Gasteiger charge is 2.29. The summed E-state index contributed by atoms with van der Waals surface area (Å²) in [6, 6.07) is 12.8. The van der Waals surface area contributed by atoms with E-state index in [2.05, 4.69) is 19.2 Å². The van der Waals surface area contributed by atoms with E-state index < -0.39 is 5.92 Å². The molecule has 0 heterocycles. The molecule has 0 bridgehead atoms. The largest absolute Gasteiger partial charge is 0.508 e. The standard InChI is InChI=1S/C27H30N2O3/c1-6-18(3)26(25(31)16-32-12-11-20(5)29)27(23-13-17(2)7-10-24(23)30)22-9-8-21(15-28)14-19(22)4/h6-10,13-14,27,30H,1,5,11-12,16,29H2,2-4H3/b26-18-. The van der Waals surface area contributed by atoms with Crippen molar-refractivity contribution in [3.05, 3.63) is 100 Å². The quantitative estimate of drug-likeness (QED) is 0.315. The van der Waals surface area contributed by atoms with Crippen LogP contribution in [-0.2, 0) is 9.53 Å². The van der Waals surface area contributed by atoms with E-state index in [-0.39, 0.29) is 24.7 Å². The molecule has 5 heteroatoms. The van der Waals surface area contributed by atoms with E-state index in [4.69, 9.17) is 10.5 Å². The Kier molecular flexibility index (Phi) is 8.57. The number of carbonyl (C=O) groups excluding carboxylic acids is 1. The molecule has 2 rings (SSSR count). The van der Waals surface area contributed by atoms with Crippen LogP contribution in [0, 0.1) is 25.2 Å². The molecule has 0 aliphatic heterocycles. The van der Waals surface area contributed by atoms with Gasteiger partial charge < -0.3 is 15.6 Å². The molecule has 0 aliphatic rings. The van der Waals surface area contributed by atoms with Crippen molar-refractivity contribution in [1.29, 1.82) is 5.26 Å². The van der Waals surface area contributed by atoms with E-state index >= 15 is 0 Å². The van der Waals surface area contributed by atoms with Gasteiger partial charge in [-0.1, -0.05) is 43.0 Å². The number of aryl methyl sites for hydroxylation is 2. The van der Waals surface area contributed by atoms with E-state index in [1.54, 1.807) is 24.3 Å². The van der Waals surface area contributed by atoms with Crippen molar-refractivity contribution in [1.82, 2.24) is 0 Å². The van der Waals surface area contributed by atoms with Crippen LogP contribution in [0.3, 0.4) is 0 Å². The molecule has 1 unspecified atom stereocenters. The Hall–Kier alpha value is -3.62. The van der Waals surface area contributed by atoms with Gasteiger partial charge in [0.05, 0.1) is 18.2 Å². The molecule has 0 saturated heterocycles. The molecule has 0 aromatic heterocycles. The number of rotatable bonds is 10. The van der Waals surface area contributed by atoms with Crippen LogP contribution in [0.25, 0.3) is 0 Å². The Bertz CT molecular complexity index is 1110. The Balaban J connectivity index is 2.65. The van der Waals surface area contributed by atoms with Crippen LogP contribution in [0.4, 0.5) is 0 Å². The minimum Gasteiger partial charge on any atom is -0.508 e. The van der Waals surface area contributed by atoms with E-state index in [0.717, 1.165) is 16.7 Å². The zero-order valence-corrected chi connectivity index (χ0v) is 18.9. The molecule has 3 N–H and O–H groups in total. The fourth-order valence-corrected chi connectivity index (χ4v) is 3.62. The van der Waals surface area contributed by atoms with Gasteiger partial charge in [-0.15, -0.1) is 0 Å². The van der Waals surface area contributed by atoms with Crippen molar-refractivity contribution >= 4 is 5.78 Å². The second-order valence-electron chi connectivity index (χ2n) is 7.86. The molecule has 5 nitrogen and oxygen atoms in total. The summed E-state index contributed by atoms with van der Waals surface area (Å²) in [7, 11) is 0. The number of Topliss-reactive ketones (excluding diaryl/α,β-unsaturated/α-hetero) is 1. The van der Waals surface area contributed by atoms with Crippen molar-refractivity contribution < 1.29 is 14.6 Å². The minimum absolute atomic E-state index is 0.0897. The number of phenolic OH excluding ortho intramolecular Hbond substituents is 1. The first kappa shape index (κ1) is 24.6. The highest BCUT2D eigenvalue weighted by molar-refractivity contribution is 6.00. The van der Waals surface area contributed by atoms with Gasteiger partial charge in [0.15, 0.2) is 5.78 Å². The number of phenols is 1. The number of nitriles is 1. The number of nitrogens with zero attached hydrogens (tertiary/aromatic N) is 1. The fraction of sp³-hybridized carbons (Fsp3) is 0.259. The number of allylic oxidation sites excluding steroid dienone is 2. The number of carbonyl (C=O) groups is 1. The predicted molar refractivity (Wildman–Crippen MR) is 127 cm³/mol. The van der Waals surface area contributed by atoms with E-state index in [1.165, 1.54) is 0 Å². The molecule has 0 fully saturated rings. The summed E-state index contributed by atoms with van der Waals surface area (Å²) in [6.45, 7) is 13.3. The van der Waals surface area contributed by atoms with Gasteiger partial charge in [-0.2, -0.15) is 5.26 Å². The smallest absolute Gasteiger partial charge is 0.185 e. The molecule has 0 aliphatic carbocycles. The van der Waals surface area contributed by atoms with Gasteiger partial charge in [-0.3, -0.25) is 4.79 Å². The lowest BCUT2D eigenvalue weighted by molar-refractivity contribution is -0.120. The Morgan fingerprint density at radius 2 is 1.97 bits per heavy atom. The number of ether oxygens (including phenoxy) is 1. The van der Waals surface area contributed by atoms with Crippen LogP contribution < -0.4 is 5.73 Å². The van der Waals surface area contributed by atoms with Gasteiger partial charge in [0.25, 0.3) is 0 Å². The van der Waals surface area contributed by atoms with Crippen LogP contribution in [0.5, 0.6) is 5.75 Å². The number of aromatic hydroxyl groups is 1. The number of hydrogen-bond acceptors (Lipinski definition) is 5. The molecule has 166 valence electrons. The molecule has 2 aromatic rings. The van der Waals surface area contributed by atoms with Gasteiger partial charge in [0, 0.05) is 29.2 Å². The van der Waals surface area contributed by atoms with Crippen molar-refractivity contribution in [3.63, 3.8) is 0 Å². The number of ketones is 1. The third-order valence-electron chi connectivity index (χ3n) is 5.32. The van der Waals surface area contributed by atoms with Crippen LogP contribution in [0.15, 0.2) is 72.5 Å². The maximum atomic E-state index is 13.4. The van der Waals surface area contributed by atoms with Crippen molar-refractivity contribution in [2.75, 3.05) is 13.2 Å². The summed E-state index contributed by atoms with van der Waals surface area (Å²) < 4.78 is 5.56. The van der Waals surface area contributed by atoms with Crippen molar-refractivity contribution in [2.45, 2.75) is 33.1 Å². The first-order valence-corrected chi connectivity index (χ1v) is 10.4. The molecular weight excluding hydrogens is 400 g/mol. The Labute approximate surface area is 190 Å². The first-order chi connectivity index (χ1) is 15.2. The molecule has 0 amide bonds. The first-order valence-electron chi connectivity index (χ1n) is 10.4. The van der Waals surface area contributed by atoms with Crippen LogP contribution in [0.2, 0.25) is 0 Å². The lowest BCUT2D eigenvalue weighted by Crippen LogP contribution is -2.21. The predicted octanol–water partition coefficient (Wildman–Crippen LogP) is 4.96. The van der Waals surface area contributed by atoms with Crippen LogP contribution in [-0.4, -0.2) is 24.1 Å². The van der Waals surface area contributed by atoms with Crippen LogP contribution in [0.1, 0.15) is 47.1 Å². The van der Waals surface area contributed by atoms with E-state index in [9.17, 15) is 15.2 Å². The fourth-order valence-electron chi connectivity index (χ4n) is 3.62. The van der Waals surface area contributed by atoms with Gasteiger partial charge >= 0.3 is 0 Å². The molecule has 1 atom stereocenters. The highest BCUT2D eigenvalue weighted by atomic mass is 16.5. The summed E-state index contributed by atoms with van der Waals surface area (Å²) in [4.78, 5) is 13.4.